The van der Waals surface area contributed by atoms with E-state index in [4.69, 9.17) is 17.0 Å². The van der Waals surface area contributed by atoms with E-state index < -0.39 is 0 Å². The van der Waals surface area contributed by atoms with Crippen molar-refractivity contribution >= 4 is 63.3 Å². The van der Waals surface area contributed by atoms with Gasteiger partial charge in [0.05, 0.1) is 10.6 Å². The van der Waals surface area contributed by atoms with Crippen molar-refractivity contribution in [3.05, 3.63) is 88.3 Å². The lowest BCUT2D eigenvalue weighted by Gasteiger charge is -2.17. The molecule has 3 aromatic rings. The fraction of sp³-hybridized carbons (Fsp3) is 0.179. The molecule has 4 rings (SSSR count). The zero-order chi connectivity index (χ0) is 25.8. The van der Waals surface area contributed by atoms with Gasteiger partial charge in [0.1, 0.15) is 5.75 Å². The maximum Gasteiger partial charge on any atom is 0.270 e. The van der Waals surface area contributed by atoms with Crippen LogP contribution in [0.3, 0.4) is 0 Å². The van der Waals surface area contributed by atoms with Crippen LogP contribution in [0, 0.1) is 13.8 Å². The summed E-state index contributed by atoms with van der Waals surface area (Å²) < 4.78 is 6.20. The van der Waals surface area contributed by atoms with Gasteiger partial charge in [0.2, 0.25) is 0 Å². The van der Waals surface area contributed by atoms with E-state index in [1.807, 2.05) is 87.4 Å². The number of amides is 2. The molecule has 0 radical (unpaired) electrons. The van der Waals surface area contributed by atoms with Crippen LogP contribution in [0.5, 0.6) is 5.75 Å². The molecule has 8 heteroatoms. The zero-order valence-corrected chi connectivity index (χ0v) is 22.2. The molecule has 0 atom stereocenters. The first-order chi connectivity index (χ1) is 17.2. The average Bonchev–Trinajstić information content (AvgIpc) is 3.13. The SMILES string of the molecule is Cc1cccc(NC(=O)COc2cccc(/C=C3\SC(=S)N(c4ccc(N(C)C)cc4)C3=O)c2)c1C. The summed E-state index contributed by atoms with van der Waals surface area (Å²) in [4.78, 5) is 29.6. The third-order valence-corrected chi connectivity index (χ3v) is 7.12. The number of ether oxygens (including phenoxy) is 1. The summed E-state index contributed by atoms with van der Waals surface area (Å²) in [6.45, 7) is 3.85. The van der Waals surface area contributed by atoms with Gasteiger partial charge in [-0.3, -0.25) is 14.5 Å². The van der Waals surface area contributed by atoms with E-state index in [0.29, 0.717) is 15.0 Å². The van der Waals surface area contributed by atoms with Crippen LogP contribution < -0.4 is 19.9 Å². The third kappa shape index (κ3) is 5.78. The highest BCUT2D eigenvalue weighted by molar-refractivity contribution is 8.27. The van der Waals surface area contributed by atoms with Gasteiger partial charge in [0.25, 0.3) is 11.8 Å². The van der Waals surface area contributed by atoms with Gasteiger partial charge in [0, 0.05) is 25.5 Å². The molecule has 1 N–H and O–H groups in total. The molecule has 1 aliphatic heterocycles. The van der Waals surface area contributed by atoms with E-state index in [9.17, 15) is 9.59 Å². The molecule has 2 amide bonds. The zero-order valence-electron chi connectivity index (χ0n) is 20.6. The molecule has 0 saturated carbocycles. The van der Waals surface area contributed by atoms with Crippen molar-refractivity contribution in [2.75, 3.05) is 35.8 Å². The Morgan fingerprint density at radius 3 is 2.53 bits per heavy atom. The van der Waals surface area contributed by atoms with Gasteiger partial charge in [-0.2, -0.15) is 0 Å². The van der Waals surface area contributed by atoms with Crippen molar-refractivity contribution in [2.24, 2.45) is 0 Å². The maximum atomic E-state index is 13.1. The van der Waals surface area contributed by atoms with Crippen molar-refractivity contribution in [1.29, 1.82) is 0 Å². The number of nitrogens with zero attached hydrogens (tertiary/aromatic N) is 2. The van der Waals surface area contributed by atoms with E-state index in [2.05, 4.69) is 5.32 Å². The molecule has 3 aromatic carbocycles. The minimum Gasteiger partial charge on any atom is -0.484 e. The third-order valence-electron chi connectivity index (χ3n) is 5.82. The molecule has 1 aliphatic rings. The van der Waals surface area contributed by atoms with Crippen molar-refractivity contribution in [1.82, 2.24) is 0 Å². The molecule has 0 spiro atoms. The van der Waals surface area contributed by atoms with Crippen molar-refractivity contribution in [3.63, 3.8) is 0 Å². The lowest BCUT2D eigenvalue weighted by atomic mass is 10.1. The van der Waals surface area contributed by atoms with Crippen LogP contribution in [0.1, 0.15) is 16.7 Å². The summed E-state index contributed by atoms with van der Waals surface area (Å²) in [6, 6.07) is 20.7. The average molecular weight is 518 g/mol. The number of carbonyl (C=O) groups is 2. The van der Waals surface area contributed by atoms with Gasteiger partial charge < -0.3 is 15.0 Å². The van der Waals surface area contributed by atoms with E-state index in [1.54, 1.807) is 23.1 Å². The van der Waals surface area contributed by atoms with Gasteiger partial charge in [-0.05, 0) is 79.1 Å². The first-order valence-electron chi connectivity index (χ1n) is 11.4. The van der Waals surface area contributed by atoms with Crippen LogP contribution in [0.15, 0.2) is 71.6 Å². The highest BCUT2D eigenvalue weighted by Gasteiger charge is 2.33. The number of thiocarbonyl (C=S) groups is 1. The Balaban J connectivity index is 1.42. The largest absolute Gasteiger partial charge is 0.484 e. The van der Waals surface area contributed by atoms with Gasteiger partial charge in [-0.25, -0.2) is 0 Å². The first kappa shape index (κ1) is 25.5. The van der Waals surface area contributed by atoms with Crippen molar-refractivity contribution < 1.29 is 14.3 Å². The van der Waals surface area contributed by atoms with Gasteiger partial charge >= 0.3 is 0 Å². The monoisotopic (exact) mass is 517 g/mol. The van der Waals surface area contributed by atoms with Crippen LogP contribution >= 0.6 is 24.0 Å². The first-order valence-corrected chi connectivity index (χ1v) is 12.6. The minimum atomic E-state index is -0.241. The van der Waals surface area contributed by atoms with E-state index >= 15 is 0 Å². The number of anilines is 3. The number of aryl methyl sites for hydroxylation is 1. The summed E-state index contributed by atoms with van der Waals surface area (Å²) in [5.74, 6) is 0.131. The minimum absolute atomic E-state index is 0.123. The predicted molar refractivity (Wildman–Crippen MR) is 153 cm³/mol. The summed E-state index contributed by atoms with van der Waals surface area (Å²) in [7, 11) is 3.93. The molecule has 0 unspecified atom stereocenters. The fourth-order valence-electron chi connectivity index (χ4n) is 3.66. The summed E-state index contributed by atoms with van der Waals surface area (Å²) in [5, 5.41) is 2.89. The molecule has 1 saturated heterocycles. The van der Waals surface area contributed by atoms with Crippen LogP contribution in [0.4, 0.5) is 17.1 Å². The van der Waals surface area contributed by atoms with Crippen LogP contribution in [0.2, 0.25) is 0 Å². The highest BCUT2D eigenvalue weighted by atomic mass is 32.2. The number of hydrogen-bond donors (Lipinski definition) is 1. The standard InChI is InChI=1S/C28H27N3O3S2/c1-18-7-5-10-24(19(18)2)29-26(32)17-34-23-9-6-8-20(15-23)16-25-27(33)31(28(35)36-25)22-13-11-21(12-14-22)30(3)4/h5-16H,17H2,1-4H3,(H,29,32)/b25-16-. The highest BCUT2D eigenvalue weighted by Crippen LogP contribution is 2.36. The Kier molecular flexibility index (Phi) is 7.76. The Morgan fingerprint density at radius 1 is 1.08 bits per heavy atom. The molecule has 184 valence electrons. The summed E-state index contributed by atoms with van der Waals surface area (Å²) >= 11 is 6.76. The lowest BCUT2D eigenvalue weighted by molar-refractivity contribution is -0.118. The Hall–Kier alpha value is -3.62. The maximum absolute atomic E-state index is 13.1. The number of nitrogens with one attached hydrogen (secondary N) is 1. The molecular formula is C28H27N3O3S2. The van der Waals surface area contributed by atoms with Crippen molar-refractivity contribution in [3.8, 4) is 5.75 Å². The molecule has 0 aromatic heterocycles. The summed E-state index contributed by atoms with van der Waals surface area (Å²) in [5.41, 5.74) is 5.47. The van der Waals surface area contributed by atoms with Crippen LogP contribution in [-0.2, 0) is 9.59 Å². The second-order valence-electron chi connectivity index (χ2n) is 8.58. The van der Waals surface area contributed by atoms with Gasteiger partial charge in [0.15, 0.2) is 10.9 Å². The number of carbonyl (C=O) groups excluding carboxylic acids is 2. The molecule has 0 aliphatic carbocycles. The van der Waals surface area contributed by atoms with E-state index in [-0.39, 0.29) is 18.4 Å². The fourth-order valence-corrected chi connectivity index (χ4v) is 4.96. The Bertz CT molecular complexity index is 1350. The van der Waals surface area contributed by atoms with Crippen LogP contribution in [0.25, 0.3) is 6.08 Å². The molecule has 1 heterocycles. The second kappa shape index (κ2) is 11.0. The Morgan fingerprint density at radius 2 is 1.81 bits per heavy atom. The van der Waals surface area contributed by atoms with E-state index in [0.717, 1.165) is 33.8 Å². The smallest absolute Gasteiger partial charge is 0.270 e. The van der Waals surface area contributed by atoms with Crippen molar-refractivity contribution in [2.45, 2.75) is 13.8 Å². The predicted octanol–water partition coefficient (Wildman–Crippen LogP) is 5.79. The molecule has 36 heavy (non-hydrogen) atoms. The summed E-state index contributed by atoms with van der Waals surface area (Å²) in [6.07, 6.45) is 1.79. The number of benzene rings is 3. The molecule has 6 nitrogen and oxygen atoms in total. The molecule has 0 bridgehead atoms. The van der Waals surface area contributed by atoms with Gasteiger partial charge in [-0.1, -0.05) is 48.2 Å². The number of hydrogen-bond acceptors (Lipinski definition) is 6. The normalized spacial score (nSPS) is 14.3. The van der Waals surface area contributed by atoms with Crippen LogP contribution in [-0.4, -0.2) is 36.8 Å². The lowest BCUT2D eigenvalue weighted by Crippen LogP contribution is -2.27. The molecular weight excluding hydrogens is 490 g/mol. The number of rotatable bonds is 7. The quantitative estimate of drug-likeness (QED) is 0.316. The molecule has 1 fully saturated rings. The Labute approximate surface area is 220 Å². The van der Waals surface area contributed by atoms with Gasteiger partial charge in [-0.15, -0.1) is 0 Å². The second-order valence-corrected chi connectivity index (χ2v) is 10.3. The topological polar surface area (TPSA) is 61.9 Å². The number of thioether (sulfide) groups is 1. The van der Waals surface area contributed by atoms with E-state index in [1.165, 1.54) is 11.8 Å².